The fraction of sp³-hybridized carbons (Fsp3) is 0.500. The molecule has 1 aliphatic rings. The molecule has 0 aliphatic heterocycles. The Hall–Kier alpha value is -1.08. The maximum absolute atomic E-state index is 5.52. The molecule has 1 aliphatic carbocycles. The van der Waals surface area contributed by atoms with E-state index in [2.05, 4.69) is 31.2 Å². The number of fused-ring (bicyclic) bond motifs is 1. The largest absolute Gasteiger partial charge is 0.330 e. The molecule has 1 heteroatoms. The monoisotopic (exact) mass is 229 g/mol. The van der Waals surface area contributed by atoms with Crippen LogP contribution in [0.4, 0.5) is 0 Å². The Morgan fingerprint density at radius 3 is 2.76 bits per heavy atom. The number of allylic oxidation sites excluding steroid dienone is 2. The van der Waals surface area contributed by atoms with Gasteiger partial charge in [-0.25, -0.2) is 0 Å². The average Bonchev–Trinajstić information content (AvgIpc) is 2.38. The molecule has 0 amide bonds. The molecule has 0 saturated heterocycles. The summed E-state index contributed by atoms with van der Waals surface area (Å²) in [6.07, 6.45) is 9.74. The molecule has 1 aromatic carbocycles. The molecule has 0 saturated carbocycles. The van der Waals surface area contributed by atoms with Gasteiger partial charge in [0, 0.05) is 0 Å². The molecule has 0 bridgehead atoms. The highest BCUT2D eigenvalue weighted by molar-refractivity contribution is 5.64. The zero-order chi connectivity index (χ0) is 12.1. The number of unbranched alkanes of at least 4 members (excludes halogenated alkanes) is 1. The van der Waals surface area contributed by atoms with E-state index in [4.69, 9.17) is 5.73 Å². The molecule has 0 spiro atoms. The Kier molecular flexibility index (Phi) is 4.38. The first-order chi connectivity index (χ1) is 8.31. The Balaban J connectivity index is 2.13. The first kappa shape index (κ1) is 12.4. The van der Waals surface area contributed by atoms with Crippen LogP contribution in [0.25, 0.3) is 5.57 Å². The van der Waals surface area contributed by atoms with Crippen molar-refractivity contribution in [2.75, 3.05) is 6.54 Å². The fourth-order valence-electron chi connectivity index (χ4n) is 2.53. The number of hydrogen-bond donors (Lipinski definition) is 1. The molecule has 17 heavy (non-hydrogen) atoms. The van der Waals surface area contributed by atoms with Gasteiger partial charge in [0.2, 0.25) is 0 Å². The SMILES string of the molecule is C/C(=C\CCCN)c1ccc2c(c1)CCCC2. The van der Waals surface area contributed by atoms with Gasteiger partial charge in [-0.15, -0.1) is 0 Å². The van der Waals surface area contributed by atoms with E-state index in [-0.39, 0.29) is 0 Å². The van der Waals surface area contributed by atoms with Crippen LogP contribution in [0.5, 0.6) is 0 Å². The topological polar surface area (TPSA) is 26.0 Å². The number of aryl methyl sites for hydroxylation is 2. The van der Waals surface area contributed by atoms with Crippen LogP contribution >= 0.6 is 0 Å². The normalized spacial score (nSPS) is 15.8. The standard InChI is InChI=1S/C16H23N/c1-13(6-4-5-11-17)15-10-9-14-7-2-3-8-16(14)12-15/h6,9-10,12H,2-5,7-8,11,17H2,1H3/b13-6+. The predicted molar refractivity (Wildman–Crippen MR) is 75.0 cm³/mol. The fourth-order valence-corrected chi connectivity index (χ4v) is 2.53. The summed E-state index contributed by atoms with van der Waals surface area (Å²) in [7, 11) is 0. The summed E-state index contributed by atoms with van der Waals surface area (Å²) < 4.78 is 0. The zero-order valence-electron chi connectivity index (χ0n) is 10.8. The third-order valence-electron chi connectivity index (χ3n) is 3.66. The Morgan fingerprint density at radius 2 is 2.00 bits per heavy atom. The molecular formula is C16H23N. The van der Waals surface area contributed by atoms with Crippen LogP contribution < -0.4 is 5.73 Å². The second-order valence-corrected chi connectivity index (χ2v) is 5.01. The summed E-state index contributed by atoms with van der Waals surface area (Å²) >= 11 is 0. The third-order valence-corrected chi connectivity index (χ3v) is 3.66. The van der Waals surface area contributed by atoms with Crippen LogP contribution in [-0.4, -0.2) is 6.54 Å². The molecule has 0 radical (unpaired) electrons. The predicted octanol–water partition coefficient (Wildman–Crippen LogP) is 3.71. The molecule has 1 nitrogen and oxygen atoms in total. The molecular weight excluding hydrogens is 206 g/mol. The number of hydrogen-bond acceptors (Lipinski definition) is 1. The van der Waals surface area contributed by atoms with Crippen molar-refractivity contribution in [3.8, 4) is 0 Å². The van der Waals surface area contributed by atoms with Gasteiger partial charge in [-0.2, -0.15) is 0 Å². The van der Waals surface area contributed by atoms with E-state index in [1.165, 1.54) is 36.8 Å². The molecule has 0 fully saturated rings. The lowest BCUT2D eigenvalue weighted by Crippen LogP contribution is -2.02. The molecule has 0 unspecified atom stereocenters. The highest BCUT2D eigenvalue weighted by atomic mass is 14.5. The molecule has 0 aromatic heterocycles. The lowest BCUT2D eigenvalue weighted by atomic mass is 9.89. The van der Waals surface area contributed by atoms with Crippen molar-refractivity contribution in [1.29, 1.82) is 0 Å². The van der Waals surface area contributed by atoms with Gasteiger partial charge in [0.1, 0.15) is 0 Å². The smallest absolute Gasteiger partial charge is 0.00743 e. The van der Waals surface area contributed by atoms with Crippen molar-refractivity contribution in [2.45, 2.75) is 45.4 Å². The zero-order valence-corrected chi connectivity index (χ0v) is 10.8. The Bertz CT molecular complexity index is 404. The van der Waals surface area contributed by atoms with E-state index in [0.717, 1.165) is 19.4 Å². The summed E-state index contributed by atoms with van der Waals surface area (Å²) in [5.74, 6) is 0. The molecule has 2 N–H and O–H groups in total. The van der Waals surface area contributed by atoms with Crippen LogP contribution in [0.2, 0.25) is 0 Å². The molecule has 0 atom stereocenters. The minimum Gasteiger partial charge on any atom is -0.330 e. The molecule has 92 valence electrons. The third kappa shape index (κ3) is 3.19. The highest BCUT2D eigenvalue weighted by Gasteiger charge is 2.09. The number of benzene rings is 1. The van der Waals surface area contributed by atoms with Crippen molar-refractivity contribution < 1.29 is 0 Å². The second kappa shape index (κ2) is 6.02. The van der Waals surface area contributed by atoms with Crippen LogP contribution in [0.1, 0.15) is 49.3 Å². The lowest BCUT2D eigenvalue weighted by molar-refractivity contribution is 0.685. The summed E-state index contributed by atoms with van der Waals surface area (Å²) in [5.41, 5.74) is 11.4. The van der Waals surface area contributed by atoms with Gasteiger partial charge in [0.05, 0.1) is 0 Å². The van der Waals surface area contributed by atoms with E-state index in [1.807, 2.05) is 0 Å². The summed E-state index contributed by atoms with van der Waals surface area (Å²) in [6, 6.07) is 6.99. The average molecular weight is 229 g/mol. The minimum absolute atomic E-state index is 0.786. The van der Waals surface area contributed by atoms with E-state index in [9.17, 15) is 0 Å². The first-order valence-corrected chi connectivity index (χ1v) is 6.80. The van der Waals surface area contributed by atoms with Crippen molar-refractivity contribution in [3.05, 3.63) is 41.0 Å². The number of rotatable bonds is 4. The maximum Gasteiger partial charge on any atom is -0.00743 e. The van der Waals surface area contributed by atoms with Crippen molar-refractivity contribution >= 4 is 5.57 Å². The Morgan fingerprint density at radius 1 is 1.24 bits per heavy atom. The van der Waals surface area contributed by atoms with E-state index >= 15 is 0 Å². The van der Waals surface area contributed by atoms with Gasteiger partial charge in [-0.05, 0) is 74.3 Å². The number of nitrogens with two attached hydrogens (primary N) is 1. The van der Waals surface area contributed by atoms with Crippen LogP contribution in [0.3, 0.4) is 0 Å². The van der Waals surface area contributed by atoms with E-state index in [1.54, 1.807) is 11.1 Å². The quantitative estimate of drug-likeness (QED) is 0.783. The van der Waals surface area contributed by atoms with Gasteiger partial charge >= 0.3 is 0 Å². The van der Waals surface area contributed by atoms with Crippen molar-refractivity contribution in [2.24, 2.45) is 5.73 Å². The van der Waals surface area contributed by atoms with Crippen molar-refractivity contribution in [1.82, 2.24) is 0 Å². The maximum atomic E-state index is 5.52. The van der Waals surface area contributed by atoms with E-state index in [0.29, 0.717) is 0 Å². The van der Waals surface area contributed by atoms with Gasteiger partial charge in [-0.1, -0.05) is 24.3 Å². The molecule has 2 rings (SSSR count). The van der Waals surface area contributed by atoms with Gasteiger partial charge < -0.3 is 5.73 Å². The van der Waals surface area contributed by atoms with Crippen LogP contribution in [-0.2, 0) is 12.8 Å². The summed E-state index contributed by atoms with van der Waals surface area (Å²) in [5, 5.41) is 0. The van der Waals surface area contributed by atoms with Gasteiger partial charge in [-0.3, -0.25) is 0 Å². The van der Waals surface area contributed by atoms with Gasteiger partial charge in [0.15, 0.2) is 0 Å². The van der Waals surface area contributed by atoms with E-state index < -0.39 is 0 Å². The first-order valence-electron chi connectivity index (χ1n) is 6.80. The second-order valence-electron chi connectivity index (χ2n) is 5.01. The summed E-state index contributed by atoms with van der Waals surface area (Å²) in [6.45, 7) is 3.00. The Labute approximate surface area is 105 Å². The van der Waals surface area contributed by atoms with Crippen LogP contribution in [0, 0.1) is 0 Å². The highest BCUT2D eigenvalue weighted by Crippen LogP contribution is 2.25. The van der Waals surface area contributed by atoms with Crippen LogP contribution in [0.15, 0.2) is 24.3 Å². The molecule has 1 aromatic rings. The summed E-state index contributed by atoms with van der Waals surface area (Å²) in [4.78, 5) is 0. The van der Waals surface area contributed by atoms with Crippen molar-refractivity contribution in [3.63, 3.8) is 0 Å². The minimum atomic E-state index is 0.786. The lowest BCUT2D eigenvalue weighted by Gasteiger charge is -2.16. The van der Waals surface area contributed by atoms with Gasteiger partial charge in [0.25, 0.3) is 0 Å². The molecule has 0 heterocycles.